The predicted octanol–water partition coefficient (Wildman–Crippen LogP) is 1.70. The van der Waals surface area contributed by atoms with Crippen molar-refractivity contribution in [3.05, 3.63) is 46.1 Å². The molecule has 1 amide bonds. The van der Waals surface area contributed by atoms with Gasteiger partial charge in [0.25, 0.3) is 5.69 Å². The second-order valence-corrected chi connectivity index (χ2v) is 2.85. The zero-order valence-electron chi connectivity index (χ0n) is 8.14. The molecule has 0 bridgehead atoms. The lowest BCUT2D eigenvalue weighted by Gasteiger charge is -1.96. The molecule has 0 aliphatic carbocycles. The predicted molar refractivity (Wildman–Crippen MR) is 55.9 cm³/mol. The zero-order chi connectivity index (χ0) is 11.3. The highest BCUT2D eigenvalue weighted by atomic mass is 16.6. The van der Waals surface area contributed by atoms with Gasteiger partial charge in [-0.25, -0.2) is 0 Å². The summed E-state index contributed by atoms with van der Waals surface area (Å²) in [5.74, 6) is -0.218. The molecule has 5 nitrogen and oxygen atoms in total. The number of hydrogen-bond acceptors (Lipinski definition) is 3. The van der Waals surface area contributed by atoms with Crippen LogP contribution in [0.15, 0.2) is 30.5 Å². The average molecular weight is 206 g/mol. The van der Waals surface area contributed by atoms with Crippen molar-refractivity contribution in [1.82, 2.24) is 5.32 Å². The van der Waals surface area contributed by atoms with Crippen LogP contribution in [0.2, 0.25) is 0 Å². The molecule has 15 heavy (non-hydrogen) atoms. The molecule has 0 aromatic heterocycles. The maximum absolute atomic E-state index is 10.6. The topological polar surface area (TPSA) is 72.2 Å². The first-order valence-corrected chi connectivity index (χ1v) is 4.28. The van der Waals surface area contributed by atoms with Gasteiger partial charge in [0.15, 0.2) is 0 Å². The molecule has 1 rings (SSSR count). The van der Waals surface area contributed by atoms with Gasteiger partial charge in [-0.15, -0.1) is 0 Å². The molecule has 0 heterocycles. The number of nitrogens with zero attached hydrogens (tertiary/aromatic N) is 1. The number of hydrogen-bond donors (Lipinski definition) is 1. The lowest BCUT2D eigenvalue weighted by atomic mass is 10.2. The summed E-state index contributed by atoms with van der Waals surface area (Å²) in [5, 5.41) is 13.0. The second kappa shape index (κ2) is 4.90. The third kappa shape index (κ3) is 3.22. The first-order valence-electron chi connectivity index (χ1n) is 4.28. The Kier molecular flexibility index (Phi) is 3.56. The van der Waals surface area contributed by atoms with Gasteiger partial charge >= 0.3 is 0 Å². The summed E-state index contributed by atoms with van der Waals surface area (Å²) < 4.78 is 0. The van der Waals surface area contributed by atoms with E-state index >= 15 is 0 Å². The minimum Gasteiger partial charge on any atom is -0.333 e. The van der Waals surface area contributed by atoms with Gasteiger partial charge in [-0.05, 0) is 12.1 Å². The summed E-state index contributed by atoms with van der Waals surface area (Å²) in [6.45, 7) is 1.36. The highest BCUT2D eigenvalue weighted by Crippen LogP contribution is 2.18. The Bertz CT molecular complexity index is 413. The summed E-state index contributed by atoms with van der Waals surface area (Å²) in [7, 11) is 0. The quantitative estimate of drug-likeness (QED) is 0.604. The third-order valence-electron chi connectivity index (χ3n) is 1.68. The van der Waals surface area contributed by atoms with Crippen LogP contribution in [0.4, 0.5) is 5.69 Å². The molecule has 5 heteroatoms. The van der Waals surface area contributed by atoms with Gasteiger partial charge in [-0.3, -0.25) is 14.9 Å². The third-order valence-corrected chi connectivity index (χ3v) is 1.68. The molecule has 0 aliphatic heterocycles. The highest BCUT2D eigenvalue weighted by Gasteiger charge is 2.08. The Morgan fingerprint density at radius 2 is 2.13 bits per heavy atom. The van der Waals surface area contributed by atoms with Gasteiger partial charge in [0, 0.05) is 19.2 Å². The van der Waals surface area contributed by atoms with Crippen LogP contribution in [-0.2, 0) is 4.79 Å². The Balaban J connectivity index is 2.89. The van der Waals surface area contributed by atoms with Crippen LogP contribution >= 0.6 is 0 Å². The zero-order valence-corrected chi connectivity index (χ0v) is 8.14. The molecule has 0 saturated heterocycles. The van der Waals surface area contributed by atoms with Crippen LogP contribution in [-0.4, -0.2) is 10.8 Å². The molecule has 0 unspecified atom stereocenters. The number of nitrogens with one attached hydrogen (secondary N) is 1. The Morgan fingerprint density at radius 1 is 1.47 bits per heavy atom. The minimum atomic E-state index is -0.465. The van der Waals surface area contributed by atoms with Crippen molar-refractivity contribution in [2.24, 2.45) is 0 Å². The van der Waals surface area contributed by atoms with Gasteiger partial charge < -0.3 is 5.32 Å². The van der Waals surface area contributed by atoms with Crippen molar-refractivity contribution in [3.8, 4) is 0 Å². The van der Waals surface area contributed by atoms with Gasteiger partial charge in [0.1, 0.15) is 0 Å². The van der Waals surface area contributed by atoms with E-state index in [1.807, 2.05) is 0 Å². The lowest BCUT2D eigenvalue weighted by Crippen LogP contribution is -2.11. The lowest BCUT2D eigenvalue weighted by molar-refractivity contribution is -0.385. The fourth-order valence-corrected chi connectivity index (χ4v) is 1.04. The number of carbonyl (C=O) groups excluding carboxylic acids is 1. The first kappa shape index (κ1) is 10.9. The number of nitro groups is 1. The Morgan fingerprint density at radius 3 is 2.73 bits per heavy atom. The van der Waals surface area contributed by atoms with Crippen molar-refractivity contribution in [1.29, 1.82) is 0 Å². The fraction of sp³-hybridized carbons (Fsp3) is 0.100. The van der Waals surface area contributed by atoms with E-state index in [1.54, 1.807) is 18.2 Å². The number of amides is 1. The maximum atomic E-state index is 10.6. The largest absolute Gasteiger partial charge is 0.333 e. The van der Waals surface area contributed by atoms with Crippen LogP contribution in [0.3, 0.4) is 0 Å². The van der Waals surface area contributed by atoms with E-state index in [1.165, 1.54) is 25.3 Å². The number of benzene rings is 1. The van der Waals surface area contributed by atoms with Crippen LogP contribution in [0.5, 0.6) is 0 Å². The van der Waals surface area contributed by atoms with E-state index in [0.29, 0.717) is 5.56 Å². The van der Waals surface area contributed by atoms with Gasteiger partial charge in [-0.2, -0.15) is 0 Å². The van der Waals surface area contributed by atoms with Crippen LogP contribution in [0.25, 0.3) is 6.08 Å². The molecule has 0 atom stereocenters. The Hall–Kier alpha value is -2.17. The molecule has 0 spiro atoms. The number of para-hydroxylation sites is 1. The molecule has 0 saturated carbocycles. The number of nitro benzene ring substituents is 1. The monoisotopic (exact) mass is 206 g/mol. The fourth-order valence-electron chi connectivity index (χ4n) is 1.04. The van der Waals surface area contributed by atoms with E-state index in [9.17, 15) is 14.9 Å². The summed E-state index contributed by atoms with van der Waals surface area (Å²) in [6.07, 6.45) is 2.87. The van der Waals surface area contributed by atoms with Gasteiger partial charge in [0.2, 0.25) is 5.91 Å². The SMILES string of the molecule is CC(=O)N/C=C/c1ccccc1[N+](=O)[O-]. The van der Waals surface area contributed by atoms with E-state index < -0.39 is 4.92 Å². The summed E-state index contributed by atoms with van der Waals surface area (Å²) in [5.41, 5.74) is 0.468. The molecule has 1 N–H and O–H groups in total. The number of rotatable bonds is 3. The smallest absolute Gasteiger partial charge is 0.276 e. The van der Waals surface area contributed by atoms with Crippen LogP contribution in [0, 0.1) is 10.1 Å². The van der Waals surface area contributed by atoms with Crippen LogP contribution < -0.4 is 5.32 Å². The van der Waals surface area contributed by atoms with Crippen molar-refractivity contribution in [2.75, 3.05) is 0 Å². The molecule has 1 aromatic rings. The number of carbonyl (C=O) groups is 1. The van der Waals surface area contributed by atoms with Crippen molar-refractivity contribution in [2.45, 2.75) is 6.92 Å². The van der Waals surface area contributed by atoms with E-state index in [0.717, 1.165) is 0 Å². The maximum Gasteiger partial charge on any atom is 0.276 e. The van der Waals surface area contributed by atoms with Gasteiger partial charge in [-0.1, -0.05) is 12.1 Å². The summed E-state index contributed by atoms with van der Waals surface area (Å²) in [6, 6.07) is 6.30. The molecular formula is C10H10N2O3. The molecule has 0 radical (unpaired) electrons. The molecule has 0 aliphatic rings. The molecule has 1 aromatic carbocycles. The first-order chi connectivity index (χ1) is 7.11. The van der Waals surface area contributed by atoms with E-state index in [2.05, 4.69) is 5.32 Å². The summed E-state index contributed by atoms with van der Waals surface area (Å²) >= 11 is 0. The molecule has 78 valence electrons. The van der Waals surface area contributed by atoms with E-state index in [-0.39, 0.29) is 11.6 Å². The normalized spacial score (nSPS) is 10.2. The van der Waals surface area contributed by atoms with Crippen LogP contribution in [0.1, 0.15) is 12.5 Å². The molecular weight excluding hydrogens is 196 g/mol. The minimum absolute atomic E-state index is 0.0131. The molecule has 0 fully saturated rings. The second-order valence-electron chi connectivity index (χ2n) is 2.85. The van der Waals surface area contributed by atoms with Crippen molar-refractivity contribution < 1.29 is 9.72 Å². The van der Waals surface area contributed by atoms with Crippen molar-refractivity contribution in [3.63, 3.8) is 0 Å². The Labute approximate surface area is 86.6 Å². The summed E-state index contributed by atoms with van der Waals surface area (Å²) in [4.78, 5) is 20.7. The highest BCUT2D eigenvalue weighted by molar-refractivity contribution is 5.75. The average Bonchev–Trinajstić information content (AvgIpc) is 2.17. The standard InChI is InChI=1S/C10H10N2O3/c1-8(13)11-7-6-9-4-2-3-5-10(9)12(14)15/h2-7H,1H3,(H,11,13)/b7-6+. The van der Waals surface area contributed by atoms with E-state index in [4.69, 9.17) is 0 Å². The van der Waals surface area contributed by atoms with Crippen molar-refractivity contribution >= 4 is 17.7 Å². The van der Waals surface area contributed by atoms with Gasteiger partial charge in [0.05, 0.1) is 10.5 Å².